The van der Waals surface area contributed by atoms with Crippen LogP contribution in [0.2, 0.25) is 0 Å². The van der Waals surface area contributed by atoms with Gasteiger partial charge in [-0.1, -0.05) is 6.07 Å². The Morgan fingerprint density at radius 3 is 2.67 bits per heavy atom. The highest BCUT2D eigenvalue weighted by Crippen LogP contribution is 2.02. The second kappa shape index (κ2) is 2.51. The summed E-state index contributed by atoms with van der Waals surface area (Å²) in [4.78, 5) is 13.3. The first-order valence-corrected chi connectivity index (χ1v) is 3.63. The Bertz CT molecular complexity index is 266. The molecule has 1 rings (SSSR count). The number of aromatic nitrogens is 1. The monoisotopic (exact) mass is 235 g/mol. The van der Waals surface area contributed by atoms with Gasteiger partial charge in [0.05, 0.1) is 3.70 Å². The maximum Gasteiger partial charge on any atom is 0.248 e. The van der Waals surface area contributed by atoms with Gasteiger partial charge in [-0.3, -0.25) is 4.79 Å². The molecule has 0 amide bonds. The van der Waals surface area contributed by atoms with Crippen molar-refractivity contribution in [3.8, 4) is 0 Å². The molecule has 0 aromatic carbocycles. The molecule has 1 heterocycles. The summed E-state index contributed by atoms with van der Waals surface area (Å²) in [6, 6.07) is 3.33. The van der Waals surface area contributed by atoms with Gasteiger partial charge in [-0.25, -0.2) is 0 Å². The van der Waals surface area contributed by atoms with Crippen LogP contribution in [0.4, 0.5) is 0 Å². The molecule has 48 valence electrons. The summed E-state index contributed by atoms with van der Waals surface area (Å²) in [6.45, 7) is 1.96. The summed E-state index contributed by atoms with van der Waals surface area (Å²) in [5, 5.41) is 0. The molecular formula is C6H6INO. The van der Waals surface area contributed by atoms with Crippen LogP contribution >= 0.6 is 22.6 Å². The summed E-state index contributed by atoms with van der Waals surface area (Å²) in [5.41, 5.74) is 1.07. The normalized spacial score (nSPS) is 9.56. The van der Waals surface area contributed by atoms with Gasteiger partial charge in [0.25, 0.3) is 0 Å². The van der Waals surface area contributed by atoms with E-state index >= 15 is 0 Å². The van der Waals surface area contributed by atoms with Crippen LogP contribution < -0.4 is 5.56 Å². The Balaban J connectivity index is 3.34. The van der Waals surface area contributed by atoms with Gasteiger partial charge in [-0.05, 0) is 35.1 Å². The number of hydrogen-bond acceptors (Lipinski definition) is 1. The van der Waals surface area contributed by atoms with E-state index in [4.69, 9.17) is 0 Å². The lowest BCUT2D eigenvalue weighted by molar-refractivity contribution is 1.15. The van der Waals surface area contributed by atoms with Gasteiger partial charge in [-0.2, -0.15) is 0 Å². The average Bonchev–Trinajstić information content (AvgIpc) is 1.80. The fourth-order valence-corrected chi connectivity index (χ4v) is 0.968. The molecule has 0 spiro atoms. The molecule has 0 unspecified atom stereocenters. The van der Waals surface area contributed by atoms with E-state index in [1.807, 2.05) is 6.92 Å². The van der Waals surface area contributed by atoms with Crippen molar-refractivity contribution in [3.05, 3.63) is 31.8 Å². The van der Waals surface area contributed by atoms with Crippen LogP contribution in [0.25, 0.3) is 0 Å². The van der Waals surface area contributed by atoms with Gasteiger partial charge in [0.15, 0.2) is 0 Å². The second-order valence-corrected chi connectivity index (χ2v) is 2.90. The van der Waals surface area contributed by atoms with Crippen LogP contribution in [-0.4, -0.2) is 4.98 Å². The second-order valence-electron chi connectivity index (χ2n) is 1.82. The molecule has 2 nitrogen and oxygen atoms in total. The van der Waals surface area contributed by atoms with Crippen molar-refractivity contribution in [1.82, 2.24) is 4.98 Å². The van der Waals surface area contributed by atoms with Crippen LogP contribution in [0.5, 0.6) is 0 Å². The van der Waals surface area contributed by atoms with Crippen molar-refractivity contribution in [3.63, 3.8) is 0 Å². The van der Waals surface area contributed by atoms with Gasteiger partial charge in [-0.15, -0.1) is 0 Å². The van der Waals surface area contributed by atoms with Crippen LogP contribution in [-0.2, 0) is 0 Å². The van der Waals surface area contributed by atoms with Crippen molar-refractivity contribution in [1.29, 1.82) is 0 Å². The van der Waals surface area contributed by atoms with Gasteiger partial charge in [0.2, 0.25) is 5.56 Å². The molecule has 0 atom stereocenters. The molecule has 0 aliphatic heterocycles. The van der Waals surface area contributed by atoms with E-state index in [2.05, 4.69) is 27.6 Å². The SMILES string of the molecule is Cc1ccc(=O)[nH]c1I. The maximum atomic E-state index is 10.6. The minimum atomic E-state index is -0.0370. The zero-order valence-corrected chi connectivity index (χ0v) is 7.10. The molecule has 0 bridgehead atoms. The van der Waals surface area contributed by atoms with Crippen molar-refractivity contribution in [2.75, 3.05) is 0 Å². The Morgan fingerprint density at radius 2 is 2.22 bits per heavy atom. The van der Waals surface area contributed by atoms with E-state index in [9.17, 15) is 4.79 Å². The number of H-pyrrole nitrogens is 1. The van der Waals surface area contributed by atoms with Crippen molar-refractivity contribution in [2.24, 2.45) is 0 Å². The minimum Gasteiger partial charge on any atom is -0.317 e. The summed E-state index contributed by atoms with van der Waals surface area (Å²) in [5.74, 6) is 0. The van der Waals surface area contributed by atoms with Crippen molar-refractivity contribution in [2.45, 2.75) is 6.92 Å². The number of aromatic amines is 1. The van der Waals surface area contributed by atoms with E-state index in [0.717, 1.165) is 9.26 Å². The molecule has 0 aliphatic carbocycles. The summed E-state index contributed by atoms with van der Waals surface area (Å²) in [7, 11) is 0. The largest absolute Gasteiger partial charge is 0.317 e. The van der Waals surface area contributed by atoms with E-state index < -0.39 is 0 Å². The summed E-state index contributed by atoms with van der Waals surface area (Å²) < 4.78 is 0.917. The summed E-state index contributed by atoms with van der Waals surface area (Å²) >= 11 is 2.09. The number of pyridine rings is 1. The topological polar surface area (TPSA) is 32.9 Å². The third-order valence-electron chi connectivity index (χ3n) is 1.06. The number of rotatable bonds is 0. The van der Waals surface area contributed by atoms with Crippen LogP contribution in [0.3, 0.4) is 0 Å². The molecule has 0 fully saturated rings. The highest BCUT2D eigenvalue weighted by molar-refractivity contribution is 14.1. The third-order valence-corrected chi connectivity index (χ3v) is 2.18. The standard InChI is InChI=1S/C6H6INO/c1-4-2-3-5(9)8-6(4)7/h2-3H,1H3,(H,8,9). The molecule has 3 heteroatoms. The molecule has 0 radical (unpaired) electrons. The maximum absolute atomic E-state index is 10.6. The smallest absolute Gasteiger partial charge is 0.248 e. The number of aryl methyl sites for hydroxylation is 1. The Morgan fingerprint density at radius 1 is 1.56 bits per heavy atom. The van der Waals surface area contributed by atoms with E-state index in [1.165, 1.54) is 6.07 Å². The Labute approximate surface area is 66.4 Å². The zero-order valence-electron chi connectivity index (χ0n) is 4.94. The lowest BCUT2D eigenvalue weighted by Crippen LogP contribution is -2.05. The third kappa shape index (κ3) is 1.54. The molecular weight excluding hydrogens is 229 g/mol. The molecule has 1 aromatic rings. The summed E-state index contributed by atoms with van der Waals surface area (Å²) in [6.07, 6.45) is 0. The predicted molar refractivity (Wildman–Crippen MR) is 44.5 cm³/mol. The van der Waals surface area contributed by atoms with E-state index in [0.29, 0.717) is 0 Å². The van der Waals surface area contributed by atoms with Gasteiger partial charge >= 0.3 is 0 Å². The first-order valence-electron chi connectivity index (χ1n) is 2.55. The highest BCUT2D eigenvalue weighted by Gasteiger charge is 1.90. The number of hydrogen-bond donors (Lipinski definition) is 1. The van der Waals surface area contributed by atoms with Gasteiger partial charge in [0.1, 0.15) is 0 Å². The molecule has 0 aliphatic rings. The lowest BCUT2D eigenvalue weighted by atomic mass is 10.3. The Kier molecular flexibility index (Phi) is 1.90. The number of halogens is 1. The minimum absolute atomic E-state index is 0.0370. The molecule has 0 saturated carbocycles. The molecule has 1 N–H and O–H groups in total. The first-order chi connectivity index (χ1) is 4.20. The fourth-order valence-electron chi connectivity index (χ4n) is 0.522. The van der Waals surface area contributed by atoms with Crippen LogP contribution in [0.15, 0.2) is 16.9 Å². The van der Waals surface area contributed by atoms with Crippen LogP contribution in [0, 0.1) is 10.6 Å². The average molecular weight is 235 g/mol. The quantitative estimate of drug-likeness (QED) is 0.533. The van der Waals surface area contributed by atoms with Crippen molar-refractivity contribution >= 4 is 22.6 Å². The van der Waals surface area contributed by atoms with E-state index in [1.54, 1.807) is 6.07 Å². The molecule has 9 heavy (non-hydrogen) atoms. The first kappa shape index (κ1) is 6.80. The molecule has 1 aromatic heterocycles. The zero-order chi connectivity index (χ0) is 6.85. The van der Waals surface area contributed by atoms with Crippen LogP contribution in [0.1, 0.15) is 5.56 Å². The predicted octanol–water partition coefficient (Wildman–Crippen LogP) is 1.29. The number of nitrogens with one attached hydrogen (secondary N) is 1. The van der Waals surface area contributed by atoms with Crippen molar-refractivity contribution < 1.29 is 0 Å². The van der Waals surface area contributed by atoms with Gasteiger partial charge < -0.3 is 4.98 Å². The fraction of sp³-hybridized carbons (Fsp3) is 0.167. The Hall–Kier alpha value is -0.320. The van der Waals surface area contributed by atoms with E-state index in [-0.39, 0.29) is 5.56 Å². The molecule has 0 saturated heterocycles. The van der Waals surface area contributed by atoms with Gasteiger partial charge in [0, 0.05) is 6.07 Å². The highest BCUT2D eigenvalue weighted by atomic mass is 127. The lowest BCUT2D eigenvalue weighted by Gasteiger charge is -1.92.